The molecule has 2 nitrogen and oxygen atoms in total. The summed E-state index contributed by atoms with van der Waals surface area (Å²) in [6.45, 7) is 5.22. The average molecular weight is 180 g/mol. The minimum atomic E-state index is 0.00373. The molecular weight excluding hydrogens is 160 g/mol. The van der Waals surface area contributed by atoms with Gasteiger partial charge < -0.3 is 5.32 Å². The van der Waals surface area contributed by atoms with Gasteiger partial charge in [0.25, 0.3) is 0 Å². The van der Waals surface area contributed by atoms with Gasteiger partial charge >= 0.3 is 0 Å². The third kappa shape index (κ3) is 2.70. The van der Waals surface area contributed by atoms with Gasteiger partial charge in [-0.2, -0.15) is 5.26 Å². The summed E-state index contributed by atoms with van der Waals surface area (Å²) >= 11 is 0. The molecule has 0 aliphatic heterocycles. The second kappa shape index (κ2) is 4.62. The van der Waals surface area contributed by atoms with Gasteiger partial charge in [0.2, 0.25) is 0 Å². The molecule has 0 heterocycles. The molecule has 1 aliphatic rings. The Labute approximate surface area is 81.3 Å². The molecule has 0 aromatic carbocycles. The van der Waals surface area contributed by atoms with Crippen molar-refractivity contribution in [2.24, 2.45) is 5.41 Å². The van der Waals surface area contributed by atoms with Crippen molar-refractivity contribution >= 4 is 0 Å². The van der Waals surface area contributed by atoms with Crippen molar-refractivity contribution in [3.63, 3.8) is 0 Å². The van der Waals surface area contributed by atoms with Gasteiger partial charge in [-0.1, -0.05) is 19.8 Å². The molecule has 0 saturated heterocycles. The van der Waals surface area contributed by atoms with E-state index < -0.39 is 0 Å². The van der Waals surface area contributed by atoms with Gasteiger partial charge in [-0.05, 0) is 31.6 Å². The summed E-state index contributed by atoms with van der Waals surface area (Å²) in [5.41, 5.74) is 0.505. The molecule has 1 unspecified atom stereocenters. The van der Waals surface area contributed by atoms with E-state index in [0.29, 0.717) is 5.41 Å². The molecule has 1 fully saturated rings. The highest BCUT2D eigenvalue weighted by Gasteiger charge is 2.31. The molecule has 0 aromatic rings. The van der Waals surface area contributed by atoms with Crippen molar-refractivity contribution in [3.8, 4) is 6.07 Å². The monoisotopic (exact) mass is 180 g/mol. The second-order valence-corrected chi connectivity index (χ2v) is 4.29. The van der Waals surface area contributed by atoms with Gasteiger partial charge in [-0.15, -0.1) is 0 Å². The second-order valence-electron chi connectivity index (χ2n) is 4.29. The van der Waals surface area contributed by atoms with Crippen molar-refractivity contribution in [1.29, 1.82) is 5.26 Å². The van der Waals surface area contributed by atoms with Crippen molar-refractivity contribution in [3.05, 3.63) is 0 Å². The van der Waals surface area contributed by atoms with Gasteiger partial charge in [0, 0.05) is 6.54 Å². The molecule has 0 radical (unpaired) electrons. The zero-order valence-corrected chi connectivity index (χ0v) is 8.77. The van der Waals surface area contributed by atoms with Crippen LogP contribution in [0, 0.1) is 16.7 Å². The highest BCUT2D eigenvalue weighted by Crippen LogP contribution is 2.40. The Balaban J connectivity index is 2.36. The zero-order valence-electron chi connectivity index (χ0n) is 8.77. The quantitative estimate of drug-likeness (QED) is 0.721. The summed E-state index contributed by atoms with van der Waals surface area (Å²) in [4.78, 5) is 0. The molecule has 1 atom stereocenters. The lowest BCUT2D eigenvalue weighted by atomic mass is 9.83. The molecule has 1 aliphatic carbocycles. The molecule has 1 rings (SSSR count). The average Bonchev–Trinajstić information content (AvgIpc) is 2.63. The van der Waals surface area contributed by atoms with E-state index in [1.54, 1.807) is 0 Å². The highest BCUT2D eigenvalue weighted by molar-refractivity contribution is 4.91. The van der Waals surface area contributed by atoms with Crippen LogP contribution in [0.5, 0.6) is 0 Å². The Hall–Kier alpha value is -0.550. The highest BCUT2D eigenvalue weighted by atomic mass is 14.9. The standard InChI is InChI=1S/C11H20N2/c1-3-11(6-4-5-7-11)9-13-10(2)8-12/h10,13H,3-7,9H2,1-2H3. The van der Waals surface area contributed by atoms with Crippen LogP contribution in [0.25, 0.3) is 0 Å². The van der Waals surface area contributed by atoms with E-state index in [4.69, 9.17) is 5.26 Å². The van der Waals surface area contributed by atoms with Crippen LogP contribution in [0.15, 0.2) is 0 Å². The summed E-state index contributed by atoms with van der Waals surface area (Å²) in [5, 5.41) is 12.0. The lowest BCUT2D eigenvalue weighted by Crippen LogP contribution is -2.36. The Morgan fingerprint density at radius 1 is 1.46 bits per heavy atom. The predicted molar refractivity (Wildman–Crippen MR) is 54.3 cm³/mol. The molecule has 13 heavy (non-hydrogen) atoms. The molecule has 2 heteroatoms. The van der Waals surface area contributed by atoms with Crippen molar-refractivity contribution < 1.29 is 0 Å². The van der Waals surface area contributed by atoms with Crippen LogP contribution in [-0.2, 0) is 0 Å². The Kier molecular flexibility index (Phi) is 3.74. The first-order chi connectivity index (χ1) is 6.22. The Morgan fingerprint density at radius 3 is 2.54 bits per heavy atom. The summed E-state index contributed by atoms with van der Waals surface area (Å²) < 4.78 is 0. The van der Waals surface area contributed by atoms with E-state index in [9.17, 15) is 0 Å². The Bertz CT molecular complexity index is 187. The van der Waals surface area contributed by atoms with Crippen LogP contribution in [0.2, 0.25) is 0 Å². The number of nitrogens with zero attached hydrogens (tertiary/aromatic N) is 1. The number of nitrogens with one attached hydrogen (secondary N) is 1. The van der Waals surface area contributed by atoms with E-state index in [0.717, 1.165) is 6.54 Å². The van der Waals surface area contributed by atoms with Gasteiger partial charge in [-0.25, -0.2) is 0 Å². The van der Waals surface area contributed by atoms with Gasteiger partial charge in [0.1, 0.15) is 0 Å². The van der Waals surface area contributed by atoms with E-state index in [1.807, 2.05) is 6.92 Å². The normalized spacial score (nSPS) is 22.5. The smallest absolute Gasteiger partial charge is 0.0924 e. The van der Waals surface area contributed by atoms with Crippen LogP contribution < -0.4 is 5.32 Å². The fourth-order valence-corrected chi connectivity index (χ4v) is 2.20. The lowest BCUT2D eigenvalue weighted by molar-refractivity contribution is 0.265. The number of hydrogen-bond acceptors (Lipinski definition) is 2. The molecule has 0 amide bonds. The summed E-state index contributed by atoms with van der Waals surface area (Å²) in [5.74, 6) is 0. The molecule has 74 valence electrons. The predicted octanol–water partition coefficient (Wildman–Crippen LogP) is 2.46. The van der Waals surface area contributed by atoms with Crippen LogP contribution in [0.4, 0.5) is 0 Å². The molecule has 0 aromatic heterocycles. The maximum atomic E-state index is 8.65. The van der Waals surface area contributed by atoms with Crippen molar-refractivity contribution in [2.75, 3.05) is 6.54 Å². The number of hydrogen-bond donors (Lipinski definition) is 1. The molecule has 0 spiro atoms. The summed E-state index contributed by atoms with van der Waals surface area (Å²) in [6.07, 6.45) is 6.67. The molecule has 0 bridgehead atoms. The summed E-state index contributed by atoms with van der Waals surface area (Å²) in [7, 11) is 0. The number of nitriles is 1. The van der Waals surface area contributed by atoms with Gasteiger partial charge in [0.15, 0.2) is 0 Å². The van der Waals surface area contributed by atoms with E-state index in [1.165, 1.54) is 32.1 Å². The zero-order chi connectivity index (χ0) is 9.73. The van der Waals surface area contributed by atoms with Crippen molar-refractivity contribution in [2.45, 2.75) is 52.0 Å². The molecule has 1 N–H and O–H groups in total. The third-order valence-electron chi connectivity index (χ3n) is 3.39. The van der Waals surface area contributed by atoms with Crippen LogP contribution >= 0.6 is 0 Å². The van der Waals surface area contributed by atoms with Gasteiger partial charge in [0.05, 0.1) is 12.1 Å². The molecular formula is C11H20N2. The van der Waals surface area contributed by atoms with Crippen LogP contribution in [-0.4, -0.2) is 12.6 Å². The first-order valence-electron chi connectivity index (χ1n) is 5.35. The molecule has 1 saturated carbocycles. The number of rotatable bonds is 4. The van der Waals surface area contributed by atoms with E-state index in [2.05, 4.69) is 18.3 Å². The van der Waals surface area contributed by atoms with E-state index in [-0.39, 0.29) is 6.04 Å². The first kappa shape index (κ1) is 10.5. The first-order valence-corrected chi connectivity index (χ1v) is 5.35. The Morgan fingerprint density at radius 2 is 2.08 bits per heavy atom. The van der Waals surface area contributed by atoms with Crippen LogP contribution in [0.1, 0.15) is 46.0 Å². The lowest BCUT2D eigenvalue weighted by Gasteiger charge is -2.28. The topological polar surface area (TPSA) is 35.8 Å². The third-order valence-corrected chi connectivity index (χ3v) is 3.39. The SMILES string of the molecule is CCC1(CNC(C)C#N)CCCC1. The largest absolute Gasteiger partial charge is 0.302 e. The van der Waals surface area contributed by atoms with E-state index >= 15 is 0 Å². The summed E-state index contributed by atoms with van der Waals surface area (Å²) in [6, 6.07) is 2.22. The fourth-order valence-electron chi connectivity index (χ4n) is 2.20. The minimum absolute atomic E-state index is 0.00373. The van der Waals surface area contributed by atoms with Crippen LogP contribution in [0.3, 0.4) is 0 Å². The fraction of sp³-hybridized carbons (Fsp3) is 0.909. The maximum Gasteiger partial charge on any atom is 0.0924 e. The van der Waals surface area contributed by atoms with Crippen molar-refractivity contribution in [1.82, 2.24) is 5.32 Å². The minimum Gasteiger partial charge on any atom is -0.302 e. The maximum absolute atomic E-state index is 8.65. The van der Waals surface area contributed by atoms with Gasteiger partial charge in [-0.3, -0.25) is 0 Å².